The van der Waals surface area contributed by atoms with E-state index in [1.165, 1.54) is 0 Å². The van der Waals surface area contributed by atoms with Crippen LogP contribution in [-0.4, -0.2) is 5.78 Å². The number of Topliss-reactive ketones (excluding diaryl/α,β-unsaturated/α-hetero) is 1. The molecule has 0 aliphatic rings. The molecule has 0 atom stereocenters. The Bertz CT molecular complexity index is 267. The van der Waals surface area contributed by atoms with Crippen LogP contribution >= 0.6 is 0 Å². The number of hydrogen-bond acceptors (Lipinski definition) is 1. The van der Waals surface area contributed by atoms with Gasteiger partial charge in [-0.1, -0.05) is 45.0 Å². The molecule has 63 valence electrons. The molecule has 0 spiro atoms. The second-order valence-electron chi connectivity index (χ2n) is 3.86. The minimum Gasteiger partial charge on any atom is -0.294 e. The van der Waals surface area contributed by atoms with Gasteiger partial charge in [-0.2, -0.15) is 0 Å². The molecule has 0 N–H and O–H groups in total. The summed E-state index contributed by atoms with van der Waals surface area (Å²) in [6, 6.07) is 10.2. The molecule has 12 heavy (non-hydrogen) atoms. The van der Waals surface area contributed by atoms with Crippen LogP contribution in [-0.2, 0) is 0 Å². The SMILES string of the molecule is CC(C)(C)C(=O)c1[c]cccc1. The lowest BCUT2D eigenvalue weighted by Gasteiger charge is -2.15. The zero-order chi connectivity index (χ0) is 9.19. The largest absolute Gasteiger partial charge is 0.294 e. The first-order valence-electron chi connectivity index (χ1n) is 4.03. The van der Waals surface area contributed by atoms with Crippen LogP contribution in [0.25, 0.3) is 0 Å². The van der Waals surface area contributed by atoms with Crippen LogP contribution in [0.5, 0.6) is 0 Å². The topological polar surface area (TPSA) is 17.1 Å². The first kappa shape index (κ1) is 8.98. The molecule has 1 aromatic carbocycles. The first-order chi connectivity index (χ1) is 5.52. The van der Waals surface area contributed by atoms with Crippen LogP contribution in [0.2, 0.25) is 0 Å². The van der Waals surface area contributed by atoms with Gasteiger partial charge < -0.3 is 0 Å². The third-order valence-corrected chi connectivity index (χ3v) is 1.63. The molecular weight excluding hydrogens is 148 g/mol. The smallest absolute Gasteiger partial charge is 0.168 e. The van der Waals surface area contributed by atoms with Crippen LogP contribution in [0, 0.1) is 11.5 Å². The molecule has 0 amide bonds. The molecule has 0 saturated carbocycles. The number of benzene rings is 1. The lowest BCUT2D eigenvalue weighted by atomic mass is 9.87. The Morgan fingerprint density at radius 2 is 2.00 bits per heavy atom. The van der Waals surface area contributed by atoms with Crippen molar-refractivity contribution in [1.29, 1.82) is 0 Å². The molecule has 0 fully saturated rings. The van der Waals surface area contributed by atoms with Gasteiger partial charge in [0.1, 0.15) is 0 Å². The van der Waals surface area contributed by atoms with Crippen LogP contribution in [0.3, 0.4) is 0 Å². The fraction of sp³-hybridized carbons (Fsp3) is 0.364. The molecule has 1 nitrogen and oxygen atoms in total. The summed E-state index contributed by atoms with van der Waals surface area (Å²) < 4.78 is 0. The van der Waals surface area contributed by atoms with E-state index in [0.717, 1.165) is 0 Å². The number of ketones is 1. The van der Waals surface area contributed by atoms with E-state index < -0.39 is 0 Å². The average molecular weight is 161 g/mol. The molecule has 1 rings (SSSR count). The maximum absolute atomic E-state index is 11.6. The first-order valence-corrected chi connectivity index (χ1v) is 4.03. The minimum atomic E-state index is -0.308. The minimum absolute atomic E-state index is 0.142. The predicted molar refractivity (Wildman–Crippen MR) is 49.1 cm³/mol. The number of carbonyl (C=O) groups is 1. The molecule has 0 saturated heterocycles. The lowest BCUT2D eigenvalue weighted by Crippen LogP contribution is -2.19. The zero-order valence-corrected chi connectivity index (χ0v) is 7.72. The lowest BCUT2D eigenvalue weighted by molar-refractivity contribution is 0.0858. The quantitative estimate of drug-likeness (QED) is 0.579. The summed E-state index contributed by atoms with van der Waals surface area (Å²) in [5.41, 5.74) is 0.364. The van der Waals surface area contributed by atoms with Gasteiger partial charge in [0, 0.05) is 11.0 Å². The van der Waals surface area contributed by atoms with Crippen LogP contribution in [0.1, 0.15) is 31.1 Å². The summed E-state index contributed by atoms with van der Waals surface area (Å²) in [5.74, 6) is 0.142. The molecule has 0 unspecified atom stereocenters. The second-order valence-corrected chi connectivity index (χ2v) is 3.86. The second kappa shape index (κ2) is 3.10. The van der Waals surface area contributed by atoms with Gasteiger partial charge in [-0.25, -0.2) is 0 Å². The van der Waals surface area contributed by atoms with Crippen molar-refractivity contribution in [3.63, 3.8) is 0 Å². The molecule has 1 radical (unpaired) electrons. The Hall–Kier alpha value is -1.11. The summed E-state index contributed by atoms with van der Waals surface area (Å²) in [6.45, 7) is 5.74. The van der Waals surface area contributed by atoms with Gasteiger partial charge in [-0.15, -0.1) is 0 Å². The van der Waals surface area contributed by atoms with E-state index in [4.69, 9.17) is 0 Å². The number of carbonyl (C=O) groups excluding carboxylic acids is 1. The summed E-state index contributed by atoms with van der Waals surface area (Å²) in [5, 5.41) is 0. The predicted octanol–water partition coefficient (Wildman–Crippen LogP) is 2.72. The summed E-state index contributed by atoms with van der Waals surface area (Å²) in [6.07, 6.45) is 0. The summed E-state index contributed by atoms with van der Waals surface area (Å²) >= 11 is 0. The molecule has 1 aromatic rings. The van der Waals surface area contributed by atoms with Crippen molar-refractivity contribution in [3.05, 3.63) is 35.9 Å². The average Bonchev–Trinajstić information content (AvgIpc) is 2.03. The van der Waals surface area contributed by atoms with Gasteiger partial charge in [-0.3, -0.25) is 4.79 Å². The maximum atomic E-state index is 11.6. The van der Waals surface area contributed by atoms with E-state index in [0.29, 0.717) is 5.56 Å². The van der Waals surface area contributed by atoms with Crippen molar-refractivity contribution in [2.45, 2.75) is 20.8 Å². The Balaban J connectivity index is 2.94. The van der Waals surface area contributed by atoms with Crippen molar-refractivity contribution in [2.24, 2.45) is 5.41 Å². The molecule has 0 bridgehead atoms. The van der Waals surface area contributed by atoms with Gasteiger partial charge >= 0.3 is 0 Å². The summed E-state index contributed by atoms with van der Waals surface area (Å²) in [7, 11) is 0. The van der Waals surface area contributed by atoms with E-state index in [-0.39, 0.29) is 11.2 Å². The van der Waals surface area contributed by atoms with Crippen LogP contribution in [0.15, 0.2) is 24.3 Å². The molecule has 0 heterocycles. The Morgan fingerprint density at radius 3 is 2.42 bits per heavy atom. The Morgan fingerprint density at radius 1 is 1.33 bits per heavy atom. The van der Waals surface area contributed by atoms with E-state index in [1.807, 2.05) is 32.9 Å². The van der Waals surface area contributed by atoms with Gasteiger partial charge in [0.2, 0.25) is 0 Å². The highest BCUT2D eigenvalue weighted by Crippen LogP contribution is 2.19. The molecule has 0 aliphatic carbocycles. The van der Waals surface area contributed by atoms with Crippen molar-refractivity contribution in [2.75, 3.05) is 0 Å². The van der Waals surface area contributed by atoms with Gasteiger partial charge in [-0.05, 0) is 6.07 Å². The van der Waals surface area contributed by atoms with Crippen LogP contribution < -0.4 is 0 Å². The van der Waals surface area contributed by atoms with Crippen molar-refractivity contribution in [3.8, 4) is 0 Å². The Kier molecular flexibility index (Phi) is 2.32. The highest BCUT2D eigenvalue weighted by Gasteiger charge is 2.22. The van der Waals surface area contributed by atoms with Crippen molar-refractivity contribution < 1.29 is 4.79 Å². The summed E-state index contributed by atoms with van der Waals surface area (Å²) in [4.78, 5) is 11.6. The fourth-order valence-electron chi connectivity index (χ4n) is 0.939. The van der Waals surface area contributed by atoms with Crippen molar-refractivity contribution >= 4 is 5.78 Å². The zero-order valence-electron chi connectivity index (χ0n) is 7.72. The normalized spacial score (nSPS) is 11.2. The monoisotopic (exact) mass is 161 g/mol. The third kappa shape index (κ3) is 1.94. The molecular formula is C11H13O. The molecule has 0 aliphatic heterocycles. The van der Waals surface area contributed by atoms with E-state index in [9.17, 15) is 4.79 Å². The highest BCUT2D eigenvalue weighted by atomic mass is 16.1. The highest BCUT2D eigenvalue weighted by molar-refractivity contribution is 5.99. The Labute approximate surface area is 73.4 Å². The van der Waals surface area contributed by atoms with Gasteiger partial charge in [0.25, 0.3) is 0 Å². The fourth-order valence-corrected chi connectivity index (χ4v) is 0.939. The van der Waals surface area contributed by atoms with Gasteiger partial charge in [0.15, 0.2) is 5.78 Å². The number of hydrogen-bond donors (Lipinski definition) is 0. The standard InChI is InChI=1S/C11H13O/c1-11(2,3)10(12)9-7-5-4-6-8-9/h4-7H,1-3H3. The maximum Gasteiger partial charge on any atom is 0.168 e. The van der Waals surface area contributed by atoms with E-state index in [2.05, 4.69) is 6.07 Å². The van der Waals surface area contributed by atoms with Crippen LogP contribution in [0.4, 0.5) is 0 Å². The molecule has 0 aromatic heterocycles. The third-order valence-electron chi connectivity index (χ3n) is 1.63. The number of rotatable bonds is 1. The van der Waals surface area contributed by atoms with Gasteiger partial charge in [0.05, 0.1) is 0 Å². The van der Waals surface area contributed by atoms with E-state index >= 15 is 0 Å². The van der Waals surface area contributed by atoms with Crippen molar-refractivity contribution in [1.82, 2.24) is 0 Å². The van der Waals surface area contributed by atoms with E-state index in [1.54, 1.807) is 12.1 Å². The molecule has 1 heteroatoms.